The van der Waals surface area contributed by atoms with Gasteiger partial charge >= 0.3 is 5.97 Å². The number of carbonyl (C=O) groups is 2. The first kappa shape index (κ1) is 22.0. The summed E-state index contributed by atoms with van der Waals surface area (Å²) in [4.78, 5) is 24.7. The first-order valence-electron chi connectivity index (χ1n) is 10.6. The summed E-state index contributed by atoms with van der Waals surface area (Å²) in [6.45, 7) is 6.88. The minimum absolute atomic E-state index is 0.128. The summed E-state index contributed by atoms with van der Waals surface area (Å²) in [6, 6.07) is 3.64. The Hall–Kier alpha value is -2.70. The predicted molar refractivity (Wildman–Crippen MR) is 113 cm³/mol. The molecule has 30 heavy (non-hydrogen) atoms. The molecule has 0 saturated heterocycles. The molecule has 3 rings (SSSR count). The highest BCUT2D eigenvalue weighted by atomic mass is 16.6. The molecule has 1 aliphatic carbocycles. The fourth-order valence-corrected chi connectivity index (χ4v) is 3.91. The summed E-state index contributed by atoms with van der Waals surface area (Å²) in [5, 5.41) is 3.04. The molecule has 1 aromatic rings. The first-order chi connectivity index (χ1) is 14.4. The number of esters is 1. The van der Waals surface area contributed by atoms with E-state index in [9.17, 15) is 9.59 Å². The third-order valence-corrected chi connectivity index (χ3v) is 5.96. The lowest BCUT2D eigenvalue weighted by atomic mass is 9.78. The van der Waals surface area contributed by atoms with E-state index in [0.717, 1.165) is 12.8 Å². The van der Waals surface area contributed by atoms with E-state index >= 15 is 0 Å². The van der Waals surface area contributed by atoms with Crippen LogP contribution in [0.3, 0.4) is 0 Å². The van der Waals surface area contributed by atoms with Gasteiger partial charge in [0.1, 0.15) is 13.2 Å². The first-order valence-corrected chi connectivity index (χ1v) is 10.6. The smallest absolute Gasteiger partial charge is 0.331 e. The van der Waals surface area contributed by atoms with Gasteiger partial charge < -0.3 is 24.3 Å². The molecule has 4 atom stereocenters. The van der Waals surface area contributed by atoms with Crippen LogP contribution < -0.4 is 19.5 Å². The molecule has 0 unspecified atom stereocenters. The Bertz CT molecular complexity index is 788. The summed E-state index contributed by atoms with van der Waals surface area (Å²) in [7, 11) is 1.55. The van der Waals surface area contributed by atoms with Gasteiger partial charge in [-0.05, 0) is 49.0 Å². The molecule has 7 heteroatoms. The van der Waals surface area contributed by atoms with Gasteiger partial charge in [-0.15, -0.1) is 0 Å². The third kappa shape index (κ3) is 5.26. The fraction of sp³-hybridized carbons (Fsp3) is 0.565. The van der Waals surface area contributed by atoms with Crippen LogP contribution in [0.1, 0.15) is 45.6 Å². The number of rotatable bonds is 6. The molecule has 1 amide bonds. The zero-order valence-corrected chi connectivity index (χ0v) is 18.1. The standard InChI is InChI=1S/C23H31NO6/c1-14-6-5-7-18(15(14)2)24-23(26)16(3)30-21(25)9-8-17-12-19(27-4)22-20(13-17)28-10-11-29-22/h8-9,12-16,18H,5-7,10-11H2,1-4H3,(H,24,26)/b9-8+/t14-,15-,16-,18-/m1/s1. The molecule has 1 heterocycles. The highest BCUT2D eigenvalue weighted by Crippen LogP contribution is 2.40. The minimum atomic E-state index is -0.860. The number of ether oxygens (including phenoxy) is 4. The Kier molecular flexibility index (Phi) is 7.24. The summed E-state index contributed by atoms with van der Waals surface area (Å²) >= 11 is 0. The molecule has 0 aromatic heterocycles. The second-order valence-corrected chi connectivity index (χ2v) is 8.04. The van der Waals surface area contributed by atoms with Crippen molar-refractivity contribution in [3.8, 4) is 17.2 Å². The number of amides is 1. The zero-order chi connectivity index (χ0) is 21.7. The van der Waals surface area contributed by atoms with E-state index in [1.807, 2.05) is 0 Å². The molecule has 1 fully saturated rings. The average molecular weight is 418 g/mol. The summed E-state index contributed by atoms with van der Waals surface area (Å²) < 4.78 is 21.8. The van der Waals surface area contributed by atoms with E-state index in [1.54, 1.807) is 32.2 Å². The van der Waals surface area contributed by atoms with Crippen molar-refractivity contribution >= 4 is 18.0 Å². The molecule has 1 saturated carbocycles. The van der Waals surface area contributed by atoms with Crippen LogP contribution in [-0.4, -0.2) is 44.3 Å². The van der Waals surface area contributed by atoms with Crippen molar-refractivity contribution in [3.63, 3.8) is 0 Å². The highest BCUT2D eigenvalue weighted by Gasteiger charge is 2.30. The molecule has 1 aliphatic heterocycles. The van der Waals surface area contributed by atoms with Crippen molar-refractivity contribution in [2.24, 2.45) is 11.8 Å². The SMILES string of the molecule is COc1cc(/C=C/C(=O)O[C@H](C)C(=O)N[C@@H]2CCC[C@@H](C)[C@H]2C)cc2c1OCCO2. The Balaban J connectivity index is 1.57. The highest BCUT2D eigenvalue weighted by molar-refractivity contribution is 5.90. The van der Waals surface area contributed by atoms with Crippen LogP contribution in [-0.2, 0) is 14.3 Å². The van der Waals surface area contributed by atoms with E-state index < -0.39 is 12.1 Å². The van der Waals surface area contributed by atoms with Crippen LogP contribution in [0.5, 0.6) is 17.2 Å². The van der Waals surface area contributed by atoms with Gasteiger partial charge in [0.2, 0.25) is 5.75 Å². The van der Waals surface area contributed by atoms with Crippen molar-refractivity contribution in [1.29, 1.82) is 0 Å². The second-order valence-electron chi connectivity index (χ2n) is 8.04. The Labute approximate surface area is 177 Å². The maximum absolute atomic E-state index is 12.5. The number of hydrogen-bond acceptors (Lipinski definition) is 6. The van der Waals surface area contributed by atoms with Crippen molar-refractivity contribution in [3.05, 3.63) is 23.8 Å². The Morgan fingerprint density at radius 2 is 1.97 bits per heavy atom. The lowest BCUT2D eigenvalue weighted by molar-refractivity contribution is -0.150. The van der Waals surface area contributed by atoms with E-state index in [1.165, 1.54) is 12.5 Å². The van der Waals surface area contributed by atoms with Crippen LogP contribution in [0.4, 0.5) is 0 Å². The molecule has 0 spiro atoms. The Morgan fingerprint density at radius 1 is 1.20 bits per heavy atom. The number of fused-ring (bicyclic) bond motifs is 1. The third-order valence-electron chi connectivity index (χ3n) is 5.96. The fourth-order valence-electron chi connectivity index (χ4n) is 3.91. The summed E-state index contributed by atoms with van der Waals surface area (Å²) in [6.07, 6.45) is 5.28. The van der Waals surface area contributed by atoms with Gasteiger partial charge in [-0.25, -0.2) is 4.79 Å². The minimum Gasteiger partial charge on any atom is -0.493 e. The van der Waals surface area contributed by atoms with Crippen LogP contribution in [0.25, 0.3) is 6.08 Å². The lowest BCUT2D eigenvalue weighted by Crippen LogP contribution is -2.47. The molecular weight excluding hydrogens is 386 g/mol. The Morgan fingerprint density at radius 3 is 2.73 bits per heavy atom. The monoisotopic (exact) mass is 417 g/mol. The molecule has 1 N–H and O–H groups in total. The van der Waals surface area contributed by atoms with Gasteiger partial charge in [-0.2, -0.15) is 0 Å². The molecule has 1 aromatic carbocycles. The number of nitrogens with one attached hydrogen (secondary N) is 1. The molecule has 7 nitrogen and oxygen atoms in total. The van der Waals surface area contributed by atoms with Crippen molar-refractivity contribution in [2.45, 2.75) is 52.2 Å². The largest absolute Gasteiger partial charge is 0.493 e. The molecule has 2 aliphatic rings. The predicted octanol–water partition coefficient (Wildman–Crippen LogP) is 3.35. The topological polar surface area (TPSA) is 83.1 Å². The summed E-state index contributed by atoms with van der Waals surface area (Å²) in [5.74, 6) is 1.80. The van der Waals surface area contributed by atoms with E-state index in [4.69, 9.17) is 18.9 Å². The van der Waals surface area contributed by atoms with Crippen LogP contribution in [0.2, 0.25) is 0 Å². The van der Waals surface area contributed by atoms with Gasteiger partial charge in [0.25, 0.3) is 5.91 Å². The van der Waals surface area contributed by atoms with Gasteiger partial charge in [-0.1, -0.05) is 26.7 Å². The van der Waals surface area contributed by atoms with Crippen molar-refractivity contribution in [2.75, 3.05) is 20.3 Å². The van der Waals surface area contributed by atoms with Crippen molar-refractivity contribution < 1.29 is 28.5 Å². The van der Waals surface area contributed by atoms with Crippen molar-refractivity contribution in [1.82, 2.24) is 5.32 Å². The molecule has 0 bridgehead atoms. The van der Waals surface area contributed by atoms with E-state index in [2.05, 4.69) is 19.2 Å². The van der Waals surface area contributed by atoms with Gasteiger partial charge in [0, 0.05) is 12.1 Å². The molecule has 0 radical (unpaired) electrons. The number of hydrogen-bond donors (Lipinski definition) is 1. The van der Waals surface area contributed by atoms with Crippen LogP contribution in [0.15, 0.2) is 18.2 Å². The van der Waals surface area contributed by atoms with Gasteiger partial charge in [0.05, 0.1) is 7.11 Å². The van der Waals surface area contributed by atoms with E-state index in [0.29, 0.717) is 47.9 Å². The quantitative estimate of drug-likeness (QED) is 0.565. The number of benzene rings is 1. The molecule has 164 valence electrons. The summed E-state index contributed by atoms with van der Waals surface area (Å²) in [5.41, 5.74) is 0.704. The number of carbonyl (C=O) groups excluding carboxylic acids is 2. The van der Waals surface area contributed by atoms with Crippen LogP contribution >= 0.6 is 0 Å². The van der Waals surface area contributed by atoms with E-state index in [-0.39, 0.29) is 11.9 Å². The van der Waals surface area contributed by atoms with Gasteiger partial charge in [-0.3, -0.25) is 4.79 Å². The second kappa shape index (κ2) is 9.87. The zero-order valence-electron chi connectivity index (χ0n) is 18.1. The maximum atomic E-state index is 12.5. The maximum Gasteiger partial charge on any atom is 0.331 e. The lowest BCUT2D eigenvalue weighted by Gasteiger charge is -2.35. The average Bonchev–Trinajstić information content (AvgIpc) is 2.74. The molecular formula is C23H31NO6. The number of methoxy groups -OCH3 is 1. The normalized spacial score (nSPS) is 24.2. The van der Waals surface area contributed by atoms with Crippen LogP contribution in [0, 0.1) is 11.8 Å². The van der Waals surface area contributed by atoms with Gasteiger partial charge in [0.15, 0.2) is 17.6 Å².